The van der Waals surface area contributed by atoms with Gasteiger partial charge in [0.1, 0.15) is 23.6 Å². The number of amides is 2. The number of benzene rings is 2. The molecule has 1 saturated heterocycles. The number of fused-ring (bicyclic) bond motifs is 1. The predicted molar refractivity (Wildman–Crippen MR) is 148 cm³/mol. The monoisotopic (exact) mass is 581 g/mol. The van der Waals surface area contributed by atoms with E-state index < -0.39 is 23.7 Å². The fourth-order valence-electron chi connectivity index (χ4n) is 4.59. The molecule has 14 heteroatoms. The summed E-state index contributed by atoms with van der Waals surface area (Å²) in [7, 11) is 1.98. The van der Waals surface area contributed by atoms with Crippen LogP contribution in [0.2, 0.25) is 0 Å². The first-order chi connectivity index (χ1) is 20.0. The Labute approximate surface area is 238 Å². The Morgan fingerprint density at radius 2 is 1.76 bits per heavy atom. The zero-order chi connectivity index (χ0) is 29.9. The van der Waals surface area contributed by atoms with Gasteiger partial charge in [0.15, 0.2) is 0 Å². The smallest absolute Gasteiger partial charge is 0.416 e. The highest BCUT2D eigenvalue weighted by Gasteiger charge is 2.34. The van der Waals surface area contributed by atoms with E-state index in [4.69, 9.17) is 9.84 Å². The van der Waals surface area contributed by atoms with Crippen molar-refractivity contribution in [1.82, 2.24) is 24.8 Å². The lowest BCUT2D eigenvalue weighted by atomic mass is 10.0. The van der Waals surface area contributed by atoms with Crippen LogP contribution < -0.4 is 15.4 Å². The van der Waals surface area contributed by atoms with E-state index in [1.54, 1.807) is 24.3 Å². The van der Waals surface area contributed by atoms with Gasteiger partial charge in [-0.3, -0.25) is 20.0 Å². The number of carbonyl (C=O) groups excluding carboxylic acids is 1. The molecule has 11 nitrogen and oxygen atoms in total. The lowest BCUT2D eigenvalue weighted by molar-refractivity contribution is -0.138. The van der Waals surface area contributed by atoms with Crippen LogP contribution in [-0.2, 0) is 12.7 Å². The summed E-state index contributed by atoms with van der Waals surface area (Å²) in [5.74, 6) is -0.227. The van der Waals surface area contributed by atoms with Gasteiger partial charge < -0.3 is 20.1 Å². The Bertz CT molecular complexity index is 1630. The van der Waals surface area contributed by atoms with Crippen molar-refractivity contribution in [3.05, 3.63) is 77.9 Å². The molecule has 1 aliphatic heterocycles. The highest BCUT2D eigenvalue weighted by Crippen LogP contribution is 2.35. The zero-order valence-electron chi connectivity index (χ0n) is 22.4. The molecule has 0 radical (unpaired) electrons. The van der Waals surface area contributed by atoms with E-state index in [0.29, 0.717) is 29.6 Å². The van der Waals surface area contributed by atoms with E-state index in [1.165, 1.54) is 24.4 Å². The van der Waals surface area contributed by atoms with Crippen LogP contribution in [0.4, 0.5) is 29.5 Å². The first kappa shape index (κ1) is 28.7. The lowest BCUT2D eigenvalue weighted by Gasteiger charge is -2.33. The Morgan fingerprint density at radius 1 is 0.976 bits per heavy atom. The highest BCUT2D eigenvalue weighted by molar-refractivity contribution is 6.11. The summed E-state index contributed by atoms with van der Waals surface area (Å²) in [5, 5.41) is 14.5. The second-order valence-electron chi connectivity index (χ2n) is 9.72. The van der Waals surface area contributed by atoms with Crippen LogP contribution in [-0.4, -0.2) is 75.1 Å². The summed E-state index contributed by atoms with van der Waals surface area (Å²) in [6.07, 6.45) is -3.34. The number of halogens is 3. The van der Waals surface area contributed by atoms with Crippen LogP contribution in [0.3, 0.4) is 0 Å². The summed E-state index contributed by atoms with van der Waals surface area (Å²) in [6, 6.07) is 11.5. The molecule has 218 valence electrons. The number of carboxylic acid groups (broad SMARTS) is 1. The SMILES string of the molecule is CN1CCN(Cc2ccc(NC(=O)c3nccc4cc(Oc5cc(NC(=O)O)ncn5)ccc34)cc2C(F)(F)F)CC1. The van der Waals surface area contributed by atoms with Gasteiger partial charge in [-0.05, 0) is 54.4 Å². The molecule has 0 unspecified atom stereocenters. The van der Waals surface area contributed by atoms with Gasteiger partial charge in [-0.15, -0.1) is 0 Å². The van der Waals surface area contributed by atoms with Gasteiger partial charge in [0.2, 0.25) is 5.88 Å². The number of aromatic nitrogens is 3. The molecule has 42 heavy (non-hydrogen) atoms. The van der Waals surface area contributed by atoms with E-state index in [0.717, 1.165) is 25.5 Å². The maximum atomic E-state index is 14.0. The molecule has 0 atom stereocenters. The predicted octanol–water partition coefficient (Wildman–Crippen LogP) is 4.93. The van der Waals surface area contributed by atoms with Gasteiger partial charge in [0.25, 0.3) is 5.91 Å². The van der Waals surface area contributed by atoms with Crippen LogP contribution >= 0.6 is 0 Å². The normalized spacial score (nSPS) is 14.5. The Balaban J connectivity index is 1.34. The van der Waals surface area contributed by atoms with Gasteiger partial charge in [0, 0.05) is 56.1 Å². The first-order valence-electron chi connectivity index (χ1n) is 12.9. The Kier molecular flexibility index (Phi) is 8.17. The molecule has 3 N–H and O–H groups in total. The number of pyridine rings is 1. The molecular weight excluding hydrogens is 555 g/mol. The molecule has 0 saturated carbocycles. The average molecular weight is 582 g/mol. The fraction of sp³-hybridized carbons (Fsp3) is 0.250. The molecule has 1 aliphatic rings. The third-order valence-electron chi connectivity index (χ3n) is 6.71. The van der Waals surface area contributed by atoms with E-state index in [-0.39, 0.29) is 35.2 Å². The summed E-state index contributed by atoms with van der Waals surface area (Å²) in [5.41, 5.74) is -0.624. The van der Waals surface area contributed by atoms with Gasteiger partial charge in [-0.25, -0.2) is 14.8 Å². The van der Waals surface area contributed by atoms with Gasteiger partial charge >= 0.3 is 12.3 Å². The number of piperazine rings is 1. The number of carbonyl (C=O) groups is 2. The fourth-order valence-corrected chi connectivity index (χ4v) is 4.59. The maximum Gasteiger partial charge on any atom is 0.416 e. The third kappa shape index (κ3) is 6.90. The minimum atomic E-state index is -4.59. The Morgan fingerprint density at radius 3 is 2.50 bits per heavy atom. The lowest BCUT2D eigenvalue weighted by Crippen LogP contribution is -2.44. The first-order valence-corrected chi connectivity index (χ1v) is 12.9. The molecule has 0 spiro atoms. The van der Waals surface area contributed by atoms with Crippen molar-refractivity contribution in [3.63, 3.8) is 0 Å². The topological polar surface area (TPSA) is 133 Å². The number of hydrogen-bond acceptors (Lipinski definition) is 8. The number of hydrogen-bond donors (Lipinski definition) is 3. The van der Waals surface area contributed by atoms with E-state index in [2.05, 4.69) is 30.5 Å². The number of rotatable bonds is 7. The maximum absolute atomic E-state index is 14.0. The number of nitrogens with one attached hydrogen (secondary N) is 2. The van der Waals surface area contributed by atoms with Crippen LogP contribution in [0, 0.1) is 0 Å². The van der Waals surface area contributed by atoms with Crippen molar-refractivity contribution < 1.29 is 32.6 Å². The molecular formula is C28H26F3N7O4. The van der Waals surface area contributed by atoms with E-state index in [9.17, 15) is 22.8 Å². The molecule has 0 aliphatic carbocycles. The Hall–Kier alpha value is -4.82. The number of nitrogens with zero attached hydrogens (tertiary/aromatic N) is 5. The van der Waals surface area contributed by atoms with Crippen LogP contribution in [0.5, 0.6) is 11.6 Å². The van der Waals surface area contributed by atoms with Crippen molar-refractivity contribution in [2.45, 2.75) is 12.7 Å². The molecule has 2 amide bonds. The zero-order valence-corrected chi connectivity index (χ0v) is 22.4. The second-order valence-corrected chi connectivity index (χ2v) is 9.72. The van der Waals surface area contributed by atoms with Crippen molar-refractivity contribution in [2.24, 2.45) is 0 Å². The van der Waals surface area contributed by atoms with E-state index >= 15 is 0 Å². The van der Waals surface area contributed by atoms with Crippen molar-refractivity contribution >= 4 is 34.3 Å². The number of anilines is 2. The average Bonchev–Trinajstić information content (AvgIpc) is 2.94. The van der Waals surface area contributed by atoms with Gasteiger partial charge in [-0.2, -0.15) is 13.2 Å². The molecule has 4 aromatic rings. The van der Waals surface area contributed by atoms with E-state index in [1.807, 2.05) is 11.9 Å². The minimum Gasteiger partial charge on any atom is -0.465 e. The molecule has 5 rings (SSSR count). The van der Waals surface area contributed by atoms with Crippen molar-refractivity contribution in [1.29, 1.82) is 0 Å². The molecule has 2 aromatic heterocycles. The quantitative estimate of drug-likeness (QED) is 0.278. The van der Waals surface area contributed by atoms with Gasteiger partial charge in [0.05, 0.1) is 5.56 Å². The molecule has 2 aromatic carbocycles. The summed E-state index contributed by atoms with van der Waals surface area (Å²) in [4.78, 5) is 40.0. The molecule has 3 heterocycles. The minimum absolute atomic E-state index is 0.00254. The summed E-state index contributed by atoms with van der Waals surface area (Å²) < 4.78 is 47.7. The number of alkyl halides is 3. The van der Waals surface area contributed by atoms with Crippen LogP contribution in [0.25, 0.3) is 10.8 Å². The van der Waals surface area contributed by atoms with Crippen molar-refractivity contribution in [3.8, 4) is 11.6 Å². The highest BCUT2D eigenvalue weighted by atomic mass is 19.4. The second kappa shape index (κ2) is 12.0. The number of ether oxygens (including phenoxy) is 1. The largest absolute Gasteiger partial charge is 0.465 e. The number of likely N-dealkylation sites (N-methyl/N-ethyl adjacent to an activating group) is 1. The standard InChI is InChI=1S/C28H26F3N7O4/c1-37-8-10-38(11-9-37)15-18-2-3-19(13-22(18)28(29,30)31)35-26(39)25-21-5-4-20(12-17(21)6-7-32-25)42-24-14-23(33-16-34-24)36-27(40)41/h2-7,12-14,16H,8-11,15H2,1H3,(H,35,39)(H,40,41)(H,33,34,36). The van der Waals surface area contributed by atoms with Gasteiger partial charge in [-0.1, -0.05) is 6.07 Å². The summed E-state index contributed by atoms with van der Waals surface area (Å²) >= 11 is 0. The van der Waals surface area contributed by atoms with Crippen molar-refractivity contribution in [2.75, 3.05) is 43.9 Å². The molecule has 1 fully saturated rings. The summed E-state index contributed by atoms with van der Waals surface area (Å²) in [6.45, 7) is 3.08. The third-order valence-corrected chi connectivity index (χ3v) is 6.71. The molecule has 0 bridgehead atoms. The van der Waals surface area contributed by atoms with Crippen LogP contribution in [0.1, 0.15) is 21.6 Å². The van der Waals surface area contributed by atoms with Crippen LogP contribution in [0.15, 0.2) is 61.1 Å².